The smallest absolute Gasteiger partial charge is 0.338 e. The minimum absolute atomic E-state index is 0.0849. The van der Waals surface area contributed by atoms with Crippen LogP contribution in [0.1, 0.15) is 26.6 Å². The number of hydrogen-bond acceptors (Lipinski definition) is 8. The Kier molecular flexibility index (Phi) is 6.38. The van der Waals surface area contributed by atoms with Gasteiger partial charge < -0.3 is 14.2 Å². The number of nitrogens with zero attached hydrogens (tertiary/aromatic N) is 3. The zero-order valence-electron chi connectivity index (χ0n) is 17.2. The molecule has 2 aromatic carbocycles. The van der Waals surface area contributed by atoms with Crippen molar-refractivity contribution in [1.82, 2.24) is 14.6 Å². The minimum Gasteiger partial charge on any atom is -0.493 e. The van der Waals surface area contributed by atoms with Crippen LogP contribution in [0.15, 0.2) is 53.3 Å². The van der Waals surface area contributed by atoms with Crippen molar-refractivity contribution in [3.63, 3.8) is 0 Å². The molecule has 32 heavy (non-hydrogen) atoms. The summed E-state index contributed by atoms with van der Waals surface area (Å²) in [7, 11) is 1.49. The maximum atomic E-state index is 12.5. The molecular weight excluding hydrogens is 454 g/mol. The molecule has 0 saturated heterocycles. The van der Waals surface area contributed by atoms with E-state index in [-0.39, 0.29) is 18.8 Å². The summed E-state index contributed by atoms with van der Waals surface area (Å²) in [5.74, 6) is 0.297. The molecule has 0 atom stereocenters. The van der Waals surface area contributed by atoms with Gasteiger partial charge in [-0.05, 0) is 31.2 Å². The first kappa shape index (κ1) is 21.8. The average molecular weight is 472 g/mol. The predicted octanol–water partition coefficient (Wildman–Crippen LogP) is 4.06. The highest BCUT2D eigenvalue weighted by molar-refractivity contribution is 7.16. The van der Waals surface area contributed by atoms with Gasteiger partial charge in [0.05, 0.1) is 12.7 Å². The van der Waals surface area contributed by atoms with E-state index < -0.39 is 5.97 Å². The Morgan fingerprint density at radius 3 is 2.72 bits per heavy atom. The Morgan fingerprint density at radius 2 is 1.94 bits per heavy atom. The number of halogens is 1. The van der Waals surface area contributed by atoms with Crippen LogP contribution in [0.3, 0.4) is 0 Å². The number of methoxy groups -OCH3 is 1. The van der Waals surface area contributed by atoms with Crippen molar-refractivity contribution in [2.75, 3.05) is 7.11 Å². The molecule has 2 heterocycles. The van der Waals surface area contributed by atoms with Gasteiger partial charge in [-0.2, -0.15) is 9.61 Å². The summed E-state index contributed by atoms with van der Waals surface area (Å²) >= 11 is 7.35. The molecule has 0 aliphatic heterocycles. The van der Waals surface area contributed by atoms with E-state index in [9.17, 15) is 9.59 Å². The third kappa shape index (κ3) is 4.74. The van der Waals surface area contributed by atoms with Crippen molar-refractivity contribution >= 4 is 33.9 Å². The zero-order chi connectivity index (χ0) is 22.7. The van der Waals surface area contributed by atoms with Gasteiger partial charge in [-0.15, -0.1) is 0 Å². The SMILES string of the molecule is COc1cc(C(=O)OCc2nn3c(=O)cc(C)nc3s2)ccc1OCc1ccccc1Cl. The number of esters is 1. The van der Waals surface area contributed by atoms with Crippen molar-refractivity contribution in [3.8, 4) is 11.5 Å². The molecule has 0 unspecified atom stereocenters. The van der Waals surface area contributed by atoms with Crippen molar-refractivity contribution in [2.24, 2.45) is 0 Å². The number of rotatable bonds is 7. The molecule has 0 aliphatic carbocycles. The van der Waals surface area contributed by atoms with Gasteiger partial charge in [-0.1, -0.05) is 41.1 Å². The van der Waals surface area contributed by atoms with Crippen LogP contribution >= 0.6 is 22.9 Å². The summed E-state index contributed by atoms with van der Waals surface area (Å²) in [6.07, 6.45) is 0. The molecule has 2 aromatic heterocycles. The minimum atomic E-state index is -0.559. The second-order valence-electron chi connectivity index (χ2n) is 6.75. The summed E-state index contributed by atoms with van der Waals surface area (Å²) in [5, 5.41) is 5.22. The maximum absolute atomic E-state index is 12.5. The number of aromatic nitrogens is 3. The van der Waals surface area contributed by atoms with E-state index in [0.29, 0.717) is 37.7 Å². The molecule has 0 saturated carbocycles. The van der Waals surface area contributed by atoms with Crippen molar-refractivity contribution in [1.29, 1.82) is 0 Å². The van der Waals surface area contributed by atoms with Crippen LogP contribution < -0.4 is 15.0 Å². The second kappa shape index (κ2) is 9.37. The van der Waals surface area contributed by atoms with Gasteiger partial charge in [-0.25, -0.2) is 9.78 Å². The first-order valence-corrected chi connectivity index (χ1v) is 10.7. The van der Waals surface area contributed by atoms with Gasteiger partial charge in [0, 0.05) is 22.3 Å². The van der Waals surface area contributed by atoms with Crippen LogP contribution in [0.5, 0.6) is 11.5 Å². The van der Waals surface area contributed by atoms with Gasteiger partial charge in [0.1, 0.15) is 13.2 Å². The van der Waals surface area contributed by atoms with E-state index >= 15 is 0 Å². The Labute approximate surface area is 192 Å². The third-order valence-electron chi connectivity index (χ3n) is 4.48. The van der Waals surface area contributed by atoms with Gasteiger partial charge in [0.15, 0.2) is 16.5 Å². The molecular formula is C22H18ClN3O5S. The zero-order valence-corrected chi connectivity index (χ0v) is 18.8. The largest absolute Gasteiger partial charge is 0.493 e. The van der Waals surface area contributed by atoms with E-state index in [4.69, 9.17) is 25.8 Å². The fourth-order valence-corrected chi connectivity index (χ4v) is 3.96. The van der Waals surface area contributed by atoms with Gasteiger partial charge >= 0.3 is 5.97 Å². The highest BCUT2D eigenvalue weighted by Gasteiger charge is 2.15. The van der Waals surface area contributed by atoms with Crippen molar-refractivity contribution in [3.05, 3.63) is 85.7 Å². The number of aryl methyl sites for hydroxylation is 1. The molecule has 8 nitrogen and oxygen atoms in total. The number of benzene rings is 2. The first-order chi connectivity index (χ1) is 15.4. The molecule has 0 amide bonds. The first-order valence-electron chi connectivity index (χ1n) is 9.52. The van der Waals surface area contributed by atoms with E-state index in [1.807, 2.05) is 18.2 Å². The summed E-state index contributed by atoms with van der Waals surface area (Å²) in [5.41, 5.74) is 1.45. The number of fused-ring (bicyclic) bond motifs is 1. The molecule has 0 fully saturated rings. The van der Waals surface area contributed by atoms with E-state index in [2.05, 4.69) is 10.1 Å². The Balaban J connectivity index is 1.44. The lowest BCUT2D eigenvalue weighted by atomic mass is 10.2. The quantitative estimate of drug-likeness (QED) is 0.375. The molecule has 0 aliphatic rings. The van der Waals surface area contributed by atoms with Crippen molar-refractivity contribution in [2.45, 2.75) is 20.1 Å². The fraction of sp³-hybridized carbons (Fsp3) is 0.182. The van der Waals surface area contributed by atoms with Crippen LogP contribution in [0.2, 0.25) is 5.02 Å². The molecule has 0 radical (unpaired) electrons. The van der Waals surface area contributed by atoms with Gasteiger partial charge in [0.2, 0.25) is 4.96 Å². The lowest BCUT2D eigenvalue weighted by Gasteiger charge is -2.12. The average Bonchev–Trinajstić information content (AvgIpc) is 3.20. The van der Waals surface area contributed by atoms with E-state index in [1.165, 1.54) is 35.1 Å². The van der Waals surface area contributed by atoms with Crippen molar-refractivity contribution < 1.29 is 19.0 Å². The predicted molar refractivity (Wildman–Crippen MR) is 120 cm³/mol. The monoisotopic (exact) mass is 471 g/mol. The Morgan fingerprint density at radius 1 is 1.12 bits per heavy atom. The van der Waals surface area contributed by atoms with Gasteiger partial charge in [-0.3, -0.25) is 4.79 Å². The van der Waals surface area contributed by atoms with Gasteiger partial charge in [0.25, 0.3) is 5.56 Å². The second-order valence-corrected chi connectivity index (χ2v) is 8.20. The van der Waals surface area contributed by atoms with Crippen LogP contribution in [-0.4, -0.2) is 27.7 Å². The standard InChI is InChI=1S/C22H18ClN3O5S/c1-13-9-20(27)26-22(24-13)32-19(25-26)12-31-21(28)14-7-8-17(18(10-14)29-2)30-11-15-5-3-4-6-16(15)23/h3-10H,11-12H2,1-2H3. The van der Waals surface area contributed by atoms with Crippen LogP contribution in [0.25, 0.3) is 4.96 Å². The summed E-state index contributed by atoms with van der Waals surface area (Å²) in [6.45, 7) is 1.90. The Bertz CT molecular complexity index is 1350. The highest BCUT2D eigenvalue weighted by Crippen LogP contribution is 2.30. The lowest BCUT2D eigenvalue weighted by molar-refractivity contribution is 0.0471. The maximum Gasteiger partial charge on any atom is 0.338 e. The fourth-order valence-electron chi connectivity index (χ4n) is 2.91. The number of carbonyl (C=O) groups is 1. The number of carbonyl (C=O) groups excluding carboxylic acids is 1. The van der Waals surface area contributed by atoms with Crippen LogP contribution in [0.4, 0.5) is 0 Å². The molecule has 4 aromatic rings. The molecule has 0 spiro atoms. The van der Waals surface area contributed by atoms with E-state index in [1.54, 1.807) is 25.1 Å². The lowest BCUT2D eigenvalue weighted by Crippen LogP contribution is -2.14. The van der Waals surface area contributed by atoms with E-state index in [0.717, 1.165) is 5.56 Å². The number of hydrogen-bond donors (Lipinski definition) is 0. The van der Waals surface area contributed by atoms with Crippen LogP contribution in [-0.2, 0) is 18.0 Å². The molecule has 0 N–H and O–H groups in total. The molecule has 164 valence electrons. The molecule has 0 bridgehead atoms. The molecule has 4 rings (SSSR count). The highest BCUT2D eigenvalue weighted by atomic mass is 35.5. The normalized spacial score (nSPS) is 10.8. The molecule has 10 heteroatoms. The summed E-state index contributed by atoms with van der Waals surface area (Å²) in [6, 6.07) is 13.5. The topological polar surface area (TPSA) is 92.0 Å². The number of ether oxygens (including phenoxy) is 3. The Hall–Kier alpha value is -3.43. The summed E-state index contributed by atoms with van der Waals surface area (Å²) in [4.78, 5) is 29.2. The summed E-state index contributed by atoms with van der Waals surface area (Å²) < 4.78 is 17.7. The van der Waals surface area contributed by atoms with Crippen LogP contribution in [0, 0.1) is 6.92 Å². The third-order valence-corrected chi connectivity index (χ3v) is 5.73.